The van der Waals surface area contributed by atoms with E-state index in [1.807, 2.05) is 6.92 Å². The van der Waals surface area contributed by atoms with Crippen LogP contribution in [0, 0.1) is 5.92 Å². The van der Waals surface area contributed by atoms with Gasteiger partial charge in [-0.25, -0.2) is 0 Å². The molecule has 0 bridgehead atoms. The molecule has 114 valence electrons. The molecule has 0 aromatic rings. The third kappa shape index (κ3) is 5.16. The SMILES string of the molecule is CC(=O)OC[C@H]1O[C@@H](OC(C)=O)C[C@@H](C)[C@H]1OC(C)=O. The van der Waals surface area contributed by atoms with Crippen molar-refractivity contribution in [3.8, 4) is 0 Å². The summed E-state index contributed by atoms with van der Waals surface area (Å²) in [5.74, 6) is -1.45. The highest BCUT2D eigenvalue weighted by molar-refractivity contribution is 5.67. The summed E-state index contributed by atoms with van der Waals surface area (Å²) in [4.78, 5) is 33.0. The van der Waals surface area contributed by atoms with E-state index in [1.165, 1.54) is 20.8 Å². The third-order valence-corrected chi connectivity index (χ3v) is 2.87. The Kier molecular flexibility index (Phi) is 5.94. The first-order valence-corrected chi connectivity index (χ1v) is 6.42. The lowest BCUT2D eigenvalue weighted by Crippen LogP contribution is -2.49. The molecule has 0 aliphatic carbocycles. The maximum atomic E-state index is 11.1. The van der Waals surface area contributed by atoms with Crippen molar-refractivity contribution in [1.29, 1.82) is 0 Å². The number of esters is 3. The van der Waals surface area contributed by atoms with Gasteiger partial charge in [-0.3, -0.25) is 14.4 Å². The van der Waals surface area contributed by atoms with Crippen LogP contribution < -0.4 is 0 Å². The van der Waals surface area contributed by atoms with E-state index in [0.29, 0.717) is 6.42 Å². The Labute approximate surface area is 117 Å². The van der Waals surface area contributed by atoms with E-state index in [1.54, 1.807) is 0 Å². The molecule has 1 saturated heterocycles. The number of carbonyl (C=O) groups is 3. The van der Waals surface area contributed by atoms with Crippen molar-refractivity contribution < 1.29 is 33.3 Å². The molecule has 4 atom stereocenters. The highest BCUT2D eigenvalue weighted by Gasteiger charge is 2.40. The lowest BCUT2D eigenvalue weighted by molar-refractivity contribution is -0.245. The van der Waals surface area contributed by atoms with Crippen molar-refractivity contribution in [3.05, 3.63) is 0 Å². The first-order valence-electron chi connectivity index (χ1n) is 6.42. The van der Waals surface area contributed by atoms with Gasteiger partial charge in [0.05, 0.1) is 0 Å². The van der Waals surface area contributed by atoms with Gasteiger partial charge in [-0.1, -0.05) is 6.92 Å². The van der Waals surface area contributed by atoms with E-state index >= 15 is 0 Å². The third-order valence-electron chi connectivity index (χ3n) is 2.87. The van der Waals surface area contributed by atoms with Gasteiger partial charge in [0.1, 0.15) is 18.8 Å². The first kappa shape index (κ1) is 16.4. The van der Waals surface area contributed by atoms with Gasteiger partial charge in [0.25, 0.3) is 0 Å². The largest absolute Gasteiger partial charge is 0.463 e. The molecule has 1 heterocycles. The van der Waals surface area contributed by atoms with Crippen molar-refractivity contribution in [3.63, 3.8) is 0 Å². The molecule has 0 amide bonds. The highest BCUT2D eigenvalue weighted by Crippen LogP contribution is 2.28. The normalized spacial score (nSPS) is 29.4. The number of ether oxygens (including phenoxy) is 4. The van der Waals surface area contributed by atoms with Gasteiger partial charge in [0.2, 0.25) is 6.29 Å². The van der Waals surface area contributed by atoms with Crippen LogP contribution in [0.3, 0.4) is 0 Å². The van der Waals surface area contributed by atoms with Crippen LogP contribution in [0.5, 0.6) is 0 Å². The summed E-state index contributed by atoms with van der Waals surface area (Å²) in [6.07, 6.45) is -1.52. The molecule has 1 aliphatic heterocycles. The van der Waals surface area contributed by atoms with Gasteiger partial charge >= 0.3 is 17.9 Å². The lowest BCUT2D eigenvalue weighted by Gasteiger charge is -2.38. The average Bonchev–Trinajstić information content (AvgIpc) is 2.29. The molecular weight excluding hydrogens is 268 g/mol. The zero-order chi connectivity index (χ0) is 15.3. The zero-order valence-corrected chi connectivity index (χ0v) is 12.1. The summed E-state index contributed by atoms with van der Waals surface area (Å²) < 4.78 is 20.6. The van der Waals surface area contributed by atoms with E-state index in [2.05, 4.69) is 0 Å². The monoisotopic (exact) mass is 288 g/mol. The van der Waals surface area contributed by atoms with Gasteiger partial charge in [-0.2, -0.15) is 0 Å². The molecule has 0 aromatic carbocycles. The van der Waals surface area contributed by atoms with Crippen LogP contribution in [-0.4, -0.2) is 43.0 Å². The molecule has 0 N–H and O–H groups in total. The van der Waals surface area contributed by atoms with Crippen LogP contribution in [0.15, 0.2) is 0 Å². The molecule has 7 nitrogen and oxygen atoms in total. The van der Waals surface area contributed by atoms with Gasteiger partial charge in [-0.05, 0) is 0 Å². The second-order valence-electron chi connectivity index (χ2n) is 4.80. The average molecular weight is 288 g/mol. The summed E-state index contributed by atoms with van der Waals surface area (Å²) in [6, 6.07) is 0. The molecule has 0 unspecified atom stereocenters. The van der Waals surface area contributed by atoms with Crippen LogP contribution in [0.25, 0.3) is 0 Å². The quantitative estimate of drug-likeness (QED) is 0.558. The molecule has 0 radical (unpaired) electrons. The van der Waals surface area contributed by atoms with Crippen LogP contribution >= 0.6 is 0 Å². The standard InChI is InChI=1S/C13H20O7/c1-7-5-12(18-9(3)15)20-11(6-17-8(2)14)13(7)19-10(4)16/h7,11-13H,5-6H2,1-4H3/t7-,11-,12-,13-/m1/s1. The second-order valence-corrected chi connectivity index (χ2v) is 4.80. The summed E-state index contributed by atoms with van der Waals surface area (Å²) >= 11 is 0. The summed E-state index contributed by atoms with van der Waals surface area (Å²) in [5.41, 5.74) is 0. The summed E-state index contributed by atoms with van der Waals surface area (Å²) in [7, 11) is 0. The predicted octanol–water partition coefficient (Wildman–Crippen LogP) is 0.795. The number of hydrogen-bond donors (Lipinski definition) is 0. The minimum atomic E-state index is -0.727. The molecule has 1 rings (SSSR count). The van der Waals surface area contributed by atoms with Gasteiger partial charge in [0.15, 0.2) is 0 Å². The van der Waals surface area contributed by atoms with E-state index < -0.39 is 36.4 Å². The van der Waals surface area contributed by atoms with Crippen molar-refractivity contribution in [1.82, 2.24) is 0 Å². The first-order chi connectivity index (χ1) is 9.29. The van der Waals surface area contributed by atoms with Gasteiger partial charge < -0.3 is 18.9 Å². The van der Waals surface area contributed by atoms with Gasteiger partial charge in [-0.15, -0.1) is 0 Å². The maximum absolute atomic E-state index is 11.1. The van der Waals surface area contributed by atoms with Crippen molar-refractivity contribution >= 4 is 17.9 Å². The highest BCUT2D eigenvalue weighted by atomic mass is 16.7. The molecular formula is C13H20O7. The van der Waals surface area contributed by atoms with Gasteiger partial charge in [0, 0.05) is 33.1 Å². The minimum absolute atomic E-state index is 0.0601. The van der Waals surface area contributed by atoms with Crippen molar-refractivity contribution in [2.45, 2.75) is 52.6 Å². The molecule has 1 aliphatic rings. The minimum Gasteiger partial charge on any atom is -0.463 e. The van der Waals surface area contributed by atoms with Crippen LogP contribution in [0.1, 0.15) is 34.1 Å². The van der Waals surface area contributed by atoms with E-state index in [4.69, 9.17) is 18.9 Å². The number of rotatable bonds is 4. The Bertz CT molecular complexity index is 379. The number of hydrogen-bond acceptors (Lipinski definition) is 7. The second kappa shape index (κ2) is 7.23. The van der Waals surface area contributed by atoms with Crippen LogP contribution in [0.2, 0.25) is 0 Å². The zero-order valence-electron chi connectivity index (χ0n) is 12.1. The Hall–Kier alpha value is -1.63. The van der Waals surface area contributed by atoms with Crippen molar-refractivity contribution in [2.75, 3.05) is 6.61 Å². The molecule has 1 fully saturated rings. The smallest absolute Gasteiger partial charge is 0.304 e. The van der Waals surface area contributed by atoms with Crippen molar-refractivity contribution in [2.24, 2.45) is 5.92 Å². The Morgan fingerprint density at radius 3 is 2.15 bits per heavy atom. The molecule has 7 heteroatoms. The summed E-state index contributed by atoms with van der Waals surface area (Å²) in [6.45, 7) is 5.65. The molecule has 0 spiro atoms. The Balaban J connectivity index is 2.73. The fraction of sp³-hybridized carbons (Fsp3) is 0.769. The van der Waals surface area contributed by atoms with E-state index in [9.17, 15) is 14.4 Å². The van der Waals surface area contributed by atoms with E-state index in [0.717, 1.165) is 0 Å². The summed E-state index contributed by atoms with van der Waals surface area (Å²) in [5, 5.41) is 0. The lowest BCUT2D eigenvalue weighted by atomic mass is 9.93. The van der Waals surface area contributed by atoms with Crippen LogP contribution in [0.4, 0.5) is 0 Å². The van der Waals surface area contributed by atoms with E-state index in [-0.39, 0.29) is 12.5 Å². The van der Waals surface area contributed by atoms with Crippen LogP contribution in [-0.2, 0) is 33.3 Å². The Morgan fingerprint density at radius 1 is 1.05 bits per heavy atom. The fourth-order valence-electron chi connectivity index (χ4n) is 2.11. The molecule has 20 heavy (non-hydrogen) atoms. The maximum Gasteiger partial charge on any atom is 0.304 e. The fourth-order valence-corrected chi connectivity index (χ4v) is 2.11. The topological polar surface area (TPSA) is 88.1 Å². The molecule has 0 saturated carbocycles. The predicted molar refractivity (Wildman–Crippen MR) is 66.4 cm³/mol. The Morgan fingerprint density at radius 2 is 1.65 bits per heavy atom. The number of carbonyl (C=O) groups excluding carboxylic acids is 3. The molecule has 0 aromatic heterocycles.